The molecule has 1 unspecified atom stereocenters. The number of likely N-dealkylation sites (tertiary alicyclic amines) is 1. The summed E-state index contributed by atoms with van der Waals surface area (Å²) in [6, 6.07) is 5.65. The Labute approximate surface area is 161 Å². The Morgan fingerprint density at radius 2 is 2.26 bits per heavy atom. The lowest BCUT2D eigenvalue weighted by atomic mass is 10.1. The van der Waals surface area contributed by atoms with Gasteiger partial charge in [0.2, 0.25) is 0 Å². The van der Waals surface area contributed by atoms with Gasteiger partial charge < -0.3 is 19.5 Å². The van der Waals surface area contributed by atoms with E-state index in [0.717, 1.165) is 44.0 Å². The van der Waals surface area contributed by atoms with Crippen LogP contribution in [0, 0.1) is 11.8 Å². The Kier molecular flexibility index (Phi) is 6.50. The SMILES string of the molecule is CC(C)CN1CCC(CNC(=O)c2ccc(N(C)Cc3ccoc3)nc2)C1. The summed E-state index contributed by atoms with van der Waals surface area (Å²) in [6.07, 6.45) is 6.19. The summed E-state index contributed by atoms with van der Waals surface area (Å²) < 4.78 is 5.09. The fourth-order valence-corrected chi connectivity index (χ4v) is 3.58. The van der Waals surface area contributed by atoms with E-state index in [9.17, 15) is 4.79 Å². The zero-order valence-electron chi connectivity index (χ0n) is 16.5. The molecule has 1 aliphatic heterocycles. The number of hydrogen-bond donors (Lipinski definition) is 1. The van der Waals surface area contributed by atoms with Gasteiger partial charge in [0.1, 0.15) is 5.82 Å². The van der Waals surface area contributed by atoms with E-state index >= 15 is 0 Å². The van der Waals surface area contributed by atoms with Crippen molar-refractivity contribution in [3.63, 3.8) is 0 Å². The van der Waals surface area contributed by atoms with Gasteiger partial charge in [-0.2, -0.15) is 0 Å². The van der Waals surface area contributed by atoms with Crippen LogP contribution in [0.25, 0.3) is 0 Å². The first-order valence-electron chi connectivity index (χ1n) is 9.70. The van der Waals surface area contributed by atoms with E-state index in [4.69, 9.17) is 4.42 Å². The molecule has 3 heterocycles. The van der Waals surface area contributed by atoms with Gasteiger partial charge in [0.25, 0.3) is 5.91 Å². The second-order valence-corrected chi connectivity index (χ2v) is 7.91. The number of nitrogens with one attached hydrogen (secondary N) is 1. The maximum Gasteiger partial charge on any atom is 0.252 e. The van der Waals surface area contributed by atoms with Crippen molar-refractivity contribution in [1.82, 2.24) is 15.2 Å². The van der Waals surface area contributed by atoms with Crippen LogP contribution in [0.2, 0.25) is 0 Å². The molecule has 1 amide bonds. The molecular weight excluding hydrogens is 340 g/mol. The number of rotatable bonds is 8. The number of anilines is 1. The molecule has 2 aromatic rings. The van der Waals surface area contributed by atoms with Gasteiger partial charge in [-0.25, -0.2) is 4.98 Å². The van der Waals surface area contributed by atoms with E-state index < -0.39 is 0 Å². The monoisotopic (exact) mass is 370 g/mol. The Balaban J connectivity index is 1.46. The molecule has 0 bridgehead atoms. The Bertz CT molecular complexity index is 712. The van der Waals surface area contributed by atoms with Gasteiger partial charge in [0, 0.05) is 45.0 Å². The predicted molar refractivity (Wildman–Crippen MR) is 107 cm³/mol. The quantitative estimate of drug-likeness (QED) is 0.774. The van der Waals surface area contributed by atoms with Crippen LogP contribution in [-0.2, 0) is 6.54 Å². The van der Waals surface area contributed by atoms with Crippen LogP contribution in [0.5, 0.6) is 0 Å². The summed E-state index contributed by atoms with van der Waals surface area (Å²) in [5.74, 6) is 2.01. The second-order valence-electron chi connectivity index (χ2n) is 7.91. The zero-order chi connectivity index (χ0) is 19.2. The van der Waals surface area contributed by atoms with Crippen molar-refractivity contribution >= 4 is 11.7 Å². The molecule has 1 saturated heterocycles. The number of aromatic nitrogens is 1. The summed E-state index contributed by atoms with van der Waals surface area (Å²) in [6.45, 7) is 9.30. The molecule has 146 valence electrons. The van der Waals surface area contributed by atoms with E-state index in [-0.39, 0.29) is 5.91 Å². The first-order valence-corrected chi connectivity index (χ1v) is 9.70. The maximum atomic E-state index is 12.4. The summed E-state index contributed by atoms with van der Waals surface area (Å²) in [4.78, 5) is 21.4. The molecule has 0 saturated carbocycles. The van der Waals surface area contributed by atoms with Gasteiger partial charge in [-0.3, -0.25) is 4.79 Å². The first-order chi connectivity index (χ1) is 13.0. The van der Waals surface area contributed by atoms with E-state index in [1.54, 1.807) is 18.7 Å². The van der Waals surface area contributed by atoms with Gasteiger partial charge in [-0.05, 0) is 43.0 Å². The summed E-state index contributed by atoms with van der Waals surface area (Å²) in [7, 11) is 1.97. The van der Waals surface area contributed by atoms with Crippen LogP contribution in [0.1, 0.15) is 36.2 Å². The van der Waals surface area contributed by atoms with Gasteiger partial charge in [0.05, 0.1) is 18.1 Å². The van der Waals surface area contributed by atoms with E-state index in [1.165, 1.54) is 0 Å². The highest BCUT2D eigenvalue weighted by molar-refractivity contribution is 5.94. The van der Waals surface area contributed by atoms with Crippen molar-refractivity contribution in [3.05, 3.63) is 48.0 Å². The van der Waals surface area contributed by atoms with Crippen molar-refractivity contribution in [3.8, 4) is 0 Å². The van der Waals surface area contributed by atoms with Crippen LogP contribution in [0.3, 0.4) is 0 Å². The highest BCUT2D eigenvalue weighted by atomic mass is 16.3. The number of pyridine rings is 1. The number of carbonyl (C=O) groups excluding carboxylic acids is 1. The highest BCUT2D eigenvalue weighted by Crippen LogP contribution is 2.17. The molecule has 1 N–H and O–H groups in total. The minimum absolute atomic E-state index is 0.0474. The molecule has 0 aliphatic carbocycles. The van der Waals surface area contributed by atoms with Crippen molar-refractivity contribution in [1.29, 1.82) is 0 Å². The molecule has 1 aliphatic rings. The van der Waals surface area contributed by atoms with Crippen LogP contribution in [0.15, 0.2) is 41.3 Å². The van der Waals surface area contributed by atoms with Gasteiger partial charge in [0.15, 0.2) is 0 Å². The number of furan rings is 1. The van der Waals surface area contributed by atoms with Crippen molar-refractivity contribution in [2.75, 3.05) is 38.1 Å². The molecule has 6 nitrogen and oxygen atoms in total. The number of carbonyl (C=O) groups is 1. The lowest BCUT2D eigenvalue weighted by Crippen LogP contribution is -2.32. The lowest BCUT2D eigenvalue weighted by molar-refractivity contribution is 0.0947. The Morgan fingerprint density at radius 1 is 1.41 bits per heavy atom. The molecule has 0 aromatic carbocycles. The third-order valence-corrected chi connectivity index (χ3v) is 4.95. The summed E-state index contributed by atoms with van der Waals surface area (Å²) in [5.41, 5.74) is 1.69. The molecule has 27 heavy (non-hydrogen) atoms. The second kappa shape index (κ2) is 9.04. The maximum absolute atomic E-state index is 12.4. The minimum Gasteiger partial charge on any atom is -0.472 e. The molecular formula is C21H30N4O2. The third kappa shape index (κ3) is 5.57. The summed E-state index contributed by atoms with van der Waals surface area (Å²) in [5, 5.41) is 3.07. The highest BCUT2D eigenvalue weighted by Gasteiger charge is 2.23. The van der Waals surface area contributed by atoms with Crippen molar-refractivity contribution < 1.29 is 9.21 Å². The van der Waals surface area contributed by atoms with Crippen LogP contribution >= 0.6 is 0 Å². The van der Waals surface area contributed by atoms with E-state index in [2.05, 4.69) is 29.0 Å². The van der Waals surface area contributed by atoms with Crippen molar-refractivity contribution in [2.24, 2.45) is 11.8 Å². The van der Waals surface area contributed by atoms with E-state index in [0.29, 0.717) is 23.9 Å². The standard InChI is InChI=1S/C21H30N4O2/c1-16(2)12-25-8-6-17(14-25)10-23-21(26)19-4-5-20(22-11-19)24(3)13-18-7-9-27-15-18/h4-5,7,9,11,15-17H,6,8,10,12-14H2,1-3H3,(H,23,26). The molecule has 0 spiro atoms. The third-order valence-electron chi connectivity index (χ3n) is 4.95. The number of nitrogens with zero attached hydrogens (tertiary/aromatic N) is 3. The smallest absolute Gasteiger partial charge is 0.252 e. The largest absolute Gasteiger partial charge is 0.472 e. The average Bonchev–Trinajstić information content (AvgIpc) is 3.31. The van der Waals surface area contributed by atoms with Crippen molar-refractivity contribution in [2.45, 2.75) is 26.8 Å². The minimum atomic E-state index is -0.0474. The molecule has 1 atom stereocenters. The molecule has 2 aromatic heterocycles. The fourth-order valence-electron chi connectivity index (χ4n) is 3.58. The topological polar surface area (TPSA) is 61.6 Å². The van der Waals surface area contributed by atoms with Crippen LogP contribution in [0.4, 0.5) is 5.82 Å². The summed E-state index contributed by atoms with van der Waals surface area (Å²) >= 11 is 0. The van der Waals surface area contributed by atoms with Crippen LogP contribution < -0.4 is 10.2 Å². The number of amides is 1. The zero-order valence-corrected chi connectivity index (χ0v) is 16.5. The molecule has 0 radical (unpaired) electrons. The fraction of sp³-hybridized carbons (Fsp3) is 0.524. The van der Waals surface area contributed by atoms with Gasteiger partial charge in [-0.1, -0.05) is 13.8 Å². The molecule has 1 fully saturated rings. The first kappa shape index (κ1) is 19.4. The lowest BCUT2D eigenvalue weighted by Gasteiger charge is -2.18. The van der Waals surface area contributed by atoms with E-state index in [1.807, 2.05) is 30.1 Å². The predicted octanol–water partition coefficient (Wildman–Crippen LogP) is 3.02. The normalized spacial score (nSPS) is 17.4. The average molecular weight is 370 g/mol. The molecule has 6 heteroatoms. The van der Waals surface area contributed by atoms with Gasteiger partial charge in [-0.15, -0.1) is 0 Å². The Hall–Kier alpha value is -2.34. The van der Waals surface area contributed by atoms with Crippen LogP contribution in [-0.4, -0.2) is 49.0 Å². The number of hydrogen-bond acceptors (Lipinski definition) is 5. The van der Waals surface area contributed by atoms with Gasteiger partial charge >= 0.3 is 0 Å². The Morgan fingerprint density at radius 3 is 2.93 bits per heavy atom. The molecule has 3 rings (SSSR count).